The van der Waals surface area contributed by atoms with Gasteiger partial charge < -0.3 is 10.1 Å². The minimum Gasteiger partial charge on any atom is -0.462 e. The number of ether oxygens (including phenoxy) is 1. The summed E-state index contributed by atoms with van der Waals surface area (Å²) in [6.07, 6.45) is 4.29. The van der Waals surface area contributed by atoms with Crippen molar-refractivity contribution in [3.05, 3.63) is 59.7 Å². The zero-order chi connectivity index (χ0) is 19.5. The first-order valence-corrected chi connectivity index (χ1v) is 10.3. The monoisotopic (exact) mass is 385 g/mol. The van der Waals surface area contributed by atoms with E-state index < -0.39 is 0 Å². The number of amides is 1. The SMILES string of the molecule is CCCCCCOC(=O)c1ccc(NC(=O)CSc2ccc(C)cc2)cc1. The molecule has 0 aromatic heterocycles. The third kappa shape index (κ3) is 7.87. The summed E-state index contributed by atoms with van der Waals surface area (Å²) in [4.78, 5) is 25.1. The number of hydrogen-bond acceptors (Lipinski definition) is 4. The molecular formula is C22H27NO3S. The molecule has 0 aliphatic heterocycles. The van der Waals surface area contributed by atoms with Crippen LogP contribution in [0.2, 0.25) is 0 Å². The van der Waals surface area contributed by atoms with E-state index in [4.69, 9.17) is 4.74 Å². The Balaban J connectivity index is 1.74. The predicted octanol–water partition coefficient (Wildman–Crippen LogP) is 5.46. The summed E-state index contributed by atoms with van der Waals surface area (Å²) in [5.41, 5.74) is 2.37. The van der Waals surface area contributed by atoms with E-state index >= 15 is 0 Å². The Kier molecular flexibility index (Phi) is 8.92. The van der Waals surface area contributed by atoms with Crippen molar-refractivity contribution in [3.8, 4) is 0 Å². The molecule has 0 saturated heterocycles. The van der Waals surface area contributed by atoms with Crippen LogP contribution < -0.4 is 5.32 Å². The van der Waals surface area contributed by atoms with E-state index in [1.807, 2.05) is 31.2 Å². The molecule has 4 nitrogen and oxygen atoms in total. The second-order valence-electron chi connectivity index (χ2n) is 6.42. The highest BCUT2D eigenvalue weighted by atomic mass is 32.2. The fraction of sp³-hybridized carbons (Fsp3) is 0.364. The summed E-state index contributed by atoms with van der Waals surface area (Å²) in [7, 11) is 0. The molecule has 0 atom stereocenters. The molecule has 0 spiro atoms. The van der Waals surface area contributed by atoms with Crippen molar-refractivity contribution in [2.75, 3.05) is 17.7 Å². The van der Waals surface area contributed by atoms with Crippen LogP contribution in [-0.2, 0) is 9.53 Å². The van der Waals surface area contributed by atoms with Gasteiger partial charge in [-0.05, 0) is 49.7 Å². The summed E-state index contributed by atoms with van der Waals surface area (Å²) in [6, 6.07) is 14.9. The third-order valence-corrected chi connectivity index (χ3v) is 5.04. The summed E-state index contributed by atoms with van der Waals surface area (Å²) in [5.74, 6) is -0.0592. The molecule has 0 unspecified atom stereocenters. The van der Waals surface area contributed by atoms with Gasteiger partial charge in [-0.3, -0.25) is 4.79 Å². The lowest BCUT2D eigenvalue weighted by atomic mass is 10.2. The van der Waals surface area contributed by atoms with Crippen molar-refractivity contribution in [1.82, 2.24) is 0 Å². The van der Waals surface area contributed by atoms with Gasteiger partial charge in [0.05, 0.1) is 17.9 Å². The lowest BCUT2D eigenvalue weighted by Gasteiger charge is -2.07. The zero-order valence-corrected chi connectivity index (χ0v) is 16.8. The standard InChI is InChI=1S/C22H27NO3S/c1-3-4-5-6-15-26-22(25)18-9-11-19(12-10-18)23-21(24)16-27-20-13-7-17(2)8-14-20/h7-14H,3-6,15-16H2,1-2H3,(H,23,24). The molecule has 0 radical (unpaired) electrons. The van der Waals surface area contributed by atoms with Gasteiger partial charge in [-0.2, -0.15) is 0 Å². The maximum absolute atomic E-state index is 12.1. The van der Waals surface area contributed by atoms with Crippen LogP contribution in [0.1, 0.15) is 48.5 Å². The Morgan fingerprint density at radius 2 is 1.67 bits per heavy atom. The van der Waals surface area contributed by atoms with Gasteiger partial charge in [0.1, 0.15) is 0 Å². The molecule has 0 heterocycles. The average molecular weight is 386 g/mol. The number of esters is 1. The van der Waals surface area contributed by atoms with Gasteiger partial charge in [0.15, 0.2) is 0 Å². The number of unbranched alkanes of at least 4 members (excludes halogenated alkanes) is 3. The van der Waals surface area contributed by atoms with Crippen LogP contribution in [0.3, 0.4) is 0 Å². The summed E-state index contributed by atoms with van der Waals surface area (Å²) >= 11 is 1.49. The van der Waals surface area contributed by atoms with Crippen molar-refractivity contribution >= 4 is 29.3 Å². The van der Waals surface area contributed by atoms with E-state index in [0.29, 0.717) is 23.6 Å². The van der Waals surface area contributed by atoms with Gasteiger partial charge in [0, 0.05) is 10.6 Å². The average Bonchev–Trinajstić information content (AvgIpc) is 2.68. The molecule has 2 aromatic rings. The number of thioether (sulfide) groups is 1. The van der Waals surface area contributed by atoms with Crippen molar-refractivity contribution in [1.29, 1.82) is 0 Å². The van der Waals surface area contributed by atoms with Crippen molar-refractivity contribution < 1.29 is 14.3 Å². The summed E-state index contributed by atoms with van der Waals surface area (Å²) in [6.45, 7) is 4.63. The van der Waals surface area contributed by atoms with Gasteiger partial charge >= 0.3 is 5.97 Å². The molecule has 0 fully saturated rings. The van der Waals surface area contributed by atoms with Gasteiger partial charge in [-0.15, -0.1) is 11.8 Å². The van der Waals surface area contributed by atoms with Crippen molar-refractivity contribution in [2.24, 2.45) is 0 Å². The normalized spacial score (nSPS) is 10.4. The molecule has 2 aromatic carbocycles. The molecule has 2 rings (SSSR count). The highest BCUT2D eigenvalue weighted by molar-refractivity contribution is 8.00. The molecule has 1 N–H and O–H groups in total. The zero-order valence-electron chi connectivity index (χ0n) is 16.0. The number of nitrogens with one attached hydrogen (secondary N) is 1. The molecule has 0 saturated carbocycles. The van der Waals surface area contributed by atoms with Gasteiger partial charge in [0.25, 0.3) is 0 Å². The van der Waals surface area contributed by atoms with E-state index in [9.17, 15) is 9.59 Å². The molecule has 0 aliphatic carbocycles. The van der Waals surface area contributed by atoms with Crippen LogP contribution in [-0.4, -0.2) is 24.2 Å². The van der Waals surface area contributed by atoms with E-state index in [0.717, 1.165) is 30.6 Å². The van der Waals surface area contributed by atoms with Crippen LogP contribution in [0.15, 0.2) is 53.4 Å². The maximum atomic E-state index is 12.1. The van der Waals surface area contributed by atoms with Crippen molar-refractivity contribution in [2.45, 2.75) is 44.4 Å². The van der Waals surface area contributed by atoms with E-state index in [1.54, 1.807) is 24.3 Å². The maximum Gasteiger partial charge on any atom is 0.338 e. The lowest BCUT2D eigenvalue weighted by molar-refractivity contribution is -0.113. The van der Waals surface area contributed by atoms with E-state index in [-0.39, 0.29) is 11.9 Å². The highest BCUT2D eigenvalue weighted by Gasteiger charge is 2.08. The van der Waals surface area contributed by atoms with Crippen LogP contribution >= 0.6 is 11.8 Å². The number of rotatable bonds is 10. The molecule has 144 valence electrons. The Bertz CT molecular complexity index is 726. The van der Waals surface area contributed by atoms with Gasteiger partial charge in [-0.25, -0.2) is 4.79 Å². The lowest BCUT2D eigenvalue weighted by Crippen LogP contribution is -2.14. The quantitative estimate of drug-likeness (QED) is 0.335. The third-order valence-electron chi connectivity index (χ3n) is 4.03. The van der Waals surface area contributed by atoms with Gasteiger partial charge in [-0.1, -0.05) is 43.9 Å². The fourth-order valence-electron chi connectivity index (χ4n) is 2.45. The topological polar surface area (TPSA) is 55.4 Å². The van der Waals surface area contributed by atoms with Crippen LogP contribution in [0.25, 0.3) is 0 Å². The van der Waals surface area contributed by atoms with Gasteiger partial charge in [0.2, 0.25) is 5.91 Å². The Morgan fingerprint density at radius 3 is 2.33 bits per heavy atom. The number of benzene rings is 2. The first-order valence-electron chi connectivity index (χ1n) is 9.35. The smallest absolute Gasteiger partial charge is 0.338 e. The summed E-state index contributed by atoms with van der Waals surface area (Å²) < 4.78 is 5.26. The molecule has 0 bridgehead atoms. The number of hydrogen-bond donors (Lipinski definition) is 1. The van der Waals surface area contributed by atoms with Crippen LogP contribution in [0.4, 0.5) is 5.69 Å². The number of carbonyl (C=O) groups excluding carboxylic acids is 2. The largest absolute Gasteiger partial charge is 0.462 e. The molecule has 1 amide bonds. The minimum atomic E-state index is -0.320. The Hall–Kier alpha value is -2.27. The molecule has 5 heteroatoms. The second kappa shape index (κ2) is 11.4. The predicted molar refractivity (Wildman–Crippen MR) is 111 cm³/mol. The first-order chi connectivity index (χ1) is 13.1. The number of anilines is 1. The Labute approximate surface area is 165 Å². The van der Waals surface area contributed by atoms with Crippen LogP contribution in [0, 0.1) is 6.92 Å². The molecular weight excluding hydrogens is 358 g/mol. The first kappa shape index (κ1) is 21.0. The highest BCUT2D eigenvalue weighted by Crippen LogP contribution is 2.19. The van der Waals surface area contributed by atoms with Crippen LogP contribution in [0.5, 0.6) is 0 Å². The second-order valence-corrected chi connectivity index (χ2v) is 7.47. The van der Waals surface area contributed by atoms with E-state index in [2.05, 4.69) is 12.2 Å². The number of aryl methyl sites for hydroxylation is 1. The molecule has 27 heavy (non-hydrogen) atoms. The fourth-order valence-corrected chi connectivity index (χ4v) is 3.15. The van der Waals surface area contributed by atoms with E-state index in [1.165, 1.54) is 17.3 Å². The Morgan fingerprint density at radius 1 is 0.963 bits per heavy atom. The molecule has 0 aliphatic rings. The number of carbonyl (C=O) groups is 2. The van der Waals surface area contributed by atoms with Crippen molar-refractivity contribution in [3.63, 3.8) is 0 Å². The summed E-state index contributed by atoms with van der Waals surface area (Å²) in [5, 5.41) is 2.84. The minimum absolute atomic E-state index is 0.0770.